The van der Waals surface area contributed by atoms with Gasteiger partial charge in [-0.3, -0.25) is 9.59 Å². The molecule has 1 fully saturated rings. The fraction of sp³-hybridized carbons (Fsp3) is 0.312. The lowest BCUT2D eigenvalue weighted by atomic mass is 9.95. The second-order valence-corrected chi connectivity index (χ2v) is 9.87. The summed E-state index contributed by atoms with van der Waals surface area (Å²) in [4.78, 5) is 28.3. The smallest absolute Gasteiger partial charge is 0.295 e. The third kappa shape index (κ3) is 6.63. The third-order valence-corrected chi connectivity index (χ3v) is 6.98. The molecule has 1 N–H and O–H groups in total. The van der Waals surface area contributed by atoms with Crippen LogP contribution in [0.5, 0.6) is 11.5 Å². The second-order valence-electron chi connectivity index (χ2n) is 9.43. The van der Waals surface area contributed by atoms with Crippen LogP contribution in [-0.2, 0) is 16.0 Å². The number of carbonyl (C=O) groups excluding carboxylic acids is 2. The number of amides is 1. The first-order valence-corrected chi connectivity index (χ1v) is 13.8. The van der Waals surface area contributed by atoms with E-state index in [0.717, 1.165) is 24.8 Å². The molecule has 204 valence electrons. The zero-order valence-electron chi connectivity index (χ0n) is 22.4. The molecule has 0 radical (unpaired) electrons. The topological polar surface area (TPSA) is 76.1 Å². The highest BCUT2D eigenvalue weighted by Gasteiger charge is 2.46. The van der Waals surface area contributed by atoms with Crippen molar-refractivity contribution in [2.75, 3.05) is 19.8 Å². The molecule has 3 aromatic carbocycles. The van der Waals surface area contributed by atoms with Crippen LogP contribution >= 0.6 is 11.6 Å². The summed E-state index contributed by atoms with van der Waals surface area (Å²) in [7, 11) is 0. The van der Waals surface area contributed by atoms with E-state index in [1.165, 1.54) is 4.90 Å². The number of ether oxygens (including phenoxy) is 2. The van der Waals surface area contributed by atoms with Crippen LogP contribution in [0, 0.1) is 0 Å². The Morgan fingerprint density at radius 2 is 1.67 bits per heavy atom. The third-order valence-electron chi connectivity index (χ3n) is 6.73. The minimum atomic E-state index is -0.794. The number of hydrogen-bond acceptors (Lipinski definition) is 5. The van der Waals surface area contributed by atoms with Gasteiger partial charge in [-0.25, -0.2) is 0 Å². The lowest BCUT2D eigenvalue weighted by molar-refractivity contribution is -0.139. The molecule has 7 heteroatoms. The van der Waals surface area contributed by atoms with Crippen molar-refractivity contribution >= 4 is 29.1 Å². The number of hydrogen-bond donors (Lipinski definition) is 1. The molecule has 0 spiro atoms. The first-order valence-electron chi connectivity index (χ1n) is 13.4. The van der Waals surface area contributed by atoms with Gasteiger partial charge >= 0.3 is 0 Å². The van der Waals surface area contributed by atoms with Gasteiger partial charge in [0.1, 0.15) is 5.76 Å². The summed E-state index contributed by atoms with van der Waals surface area (Å²) in [5.74, 6) is -0.472. The summed E-state index contributed by atoms with van der Waals surface area (Å²) >= 11 is 6.04. The first kappa shape index (κ1) is 28.2. The maximum Gasteiger partial charge on any atom is 0.295 e. The summed E-state index contributed by atoms with van der Waals surface area (Å²) < 4.78 is 11.9. The van der Waals surface area contributed by atoms with Crippen molar-refractivity contribution in [3.63, 3.8) is 0 Å². The molecule has 0 saturated carbocycles. The predicted octanol–water partition coefficient (Wildman–Crippen LogP) is 6.97. The Bertz CT molecular complexity index is 1320. The number of aliphatic hydroxyl groups is 1. The normalized spacial score (nSPS) is 16.5. The number of unbranched alkanes of at least 4 members (excludes halogenated alkanes) is 2. The molecule has 1 unspecified atom stereocenters. The molecule has 6 nitrogen and oxygen atoms in total. The molecule has 1 heterocycles. The van der Waals surface area contributed by atoms with E-state index in [0.29, 0.717) is 53.8 Å². The van der Waals surface area contributed by atoms with Crippen LogP contribution in [0.15, 0.2) is 78.4 Å². The summed E-state index contributed by atoms with van der Waals surface area (Å²) in [5.41, 5.74) is 2.14. The molecular weight excluding hydrogens is 514 g/mol. The number of Topliss-reactive ketones (excluding diaryl/α,β-unsaturated/α-hetero) is 1. The number of nitrogens with zero attached hydrogens (tertiary/aromatic N) is 1. The Balaban J connectivity index is 1.76. The number of aliphatic hydroxyl groups excluding tert-OH is 1. The van der Waals surface area contributed by atoms with E-state index >= 15 is 0 Å². The average Bonchev–Trinajstić information content (AvgIpc) is 3.20. The molecule has 0 aromatic heterocycles. The highest BCUT2D eigenvalue weighted by atomic mass is 35.5. The lowest BCUT2D eigenvalue weighted by Gasteiger charge is -2.26. The van der Waals surface area contributed by atoms with Gasteiger partial charge in [-0.1, -0.05) is 67.8 Å². The van der Waals surface area contributed by atoms with Crippen LogP contribution in [0.4, 0.5) is 0 Å². The highest BCUT2D eigenvalue weighted by Crippen LogP contribution is 2.42. The Morgan fingerprint density at radius 3 is 2.36 bits per heavy atom. The van der Waals surface area contributed by atoms with Gasteiger partial charge in [-0.15, -0.1) is 0 Å². The minimum Gasteiger partial charge on any atom is -0.507 e. The molecule has 3 aromatic rings. The van der Waals surface area contributed by atoms with E-state index in [9.17, 15) is 14.7 Å². The van der Waals surface area contributed by atoms with Gasteiger partial charge in [0.15, 0.2) is 11.5 Å². The number of halogens is 1. The number of likely N-dealkylation sites (tertiary alicyclic amines) is 1. The molecule has 1 saturated heterocycles. The van der Waals surface area contributed by atoms with Gasteiger partial charge in [-0.05, 0) is 67.3 Å². The molecule has 0 bridgehead atoms. The SMILES string of the molecule is CCCCCOc1ccc(C2C(=C(O)c3ccc(Cl)cc3)C(=O)C(=O)N2CCc2ccccc2)cc1OCC. The number of carbonyl (C=O) groups is 2. The van der Waals surface area contributed by atoms with Crippen LogP contribution in [0.2, 0.25) is 5.02 Å². The van der Waals surface area contributed by atoms with Crippen molar-refractivity contribution in [1.29, 1.82) is 0 Å². The van der Waals surface area contributed by atoms with E-state index in [4.69, 9.17) is 21.1 Å². The van der Waals surface area contributed by atoms with Crippen LogP contribution in [0.1, 0.15) is 55.8 Å². The quantitative estimate of drug-likeness (QED) is 0.115. The maximum atomic E-state index is 13.4. The standard InChI is InChI=1S/C32H34ClNO5/c1-3-5-9-20-39-26-17-14-24(21-27(26)38-4-2)29-28(30(35)23-12-15-25(33)16-13-23)31(36)32(37)34(29)19-18-22-10-7-6-8-11-22/h6-8,10-17,21,29,35H,3-5,9,18-20H2,1-2H3. The van der Waals surface area contributed by atoms with Gasteiger partial charge in [0.05, 0.1) is 24.8 Å². The Hall–Kier alpha value is -3.77. The Kier molecular flexibility index (Phi) is 9.66. The van der Waals surface area contributed by atoms with Crippen molar-refractivity contribution in [3.05, 3.63) is 100 Å². The van der Waals surface area contributed by atoms with E-state index in [-0.39, 0.29) is 11.3 Å². The van der Waals surface area contributed by atoms with E-state index < -0.39 is 17.7 Å². The molecule has 1 atom stereocenters. The summed E-state index contributed by atoms with van der Waals surface area (Å²) in [6, 6.07) is 21.0. The summed E-state index contributed by atoms with van der Waals surface area (Å²) in [5, 5.41) is 11.8. The Morgan fingerprint density at radius 1 is 0.923 bits per heavy atom. The van der Waals surface area contributed by atoms with E-state index in [2.05, 4.69) is 6.92 Å². The van der Waals surface area contributed by atoms with Gasteiger partial charge < -0.3 is 19.5 Å². The van der Waals surface area contributed by atoms with Crippen LogP contribution in [-0.4, -0.2) is 41.5 Å². The van der Waals surface area contributed by atoms with Gasteiger partial charge in [0.25, 0.3) is 11.7 Å². The molecular formula is C32H34ClNO5. The molecule has 1 aliphatic heterocycles. The van der Waals surface area contributed by atoms with Crippen LogP contribution in [0.3, 0.4) is 0 Å². The van der Waals surface area contributed by atoms with Gasteiger partial charge in [0.2, 0.25) is 0 Å². The first-order chi connectivity index (χ1) is 18.9. The number of ketones is 1. The average molecular weight is 548 g/mol. The fourth-order valence-electron chi connectivity index (χ4n) is 4.73. The predicted molar refractivity (Wildman–Crippen MR) is 153 cm³/mol. The Labute approximate surface area is 234 Å². The summed E-state index contributed by atoms with van der Waals surface area (Å²) in [6.45, 7) is 5.32. The zero-order valence-corrected chi connectivity index (χ0v) is 23.1. The maximum absolute atomic E-state index is 13.4. The lowest BCUT2D eigenvalue weighted by Crippen LogP contribution is -2.31. The van der Waals surface area contributed by atoms with Gasteiger partial charge in [-0.2, -0.15) is 0 Å². The molecule has 39 heavy (non-hydrogen) atoms. The number of benzene rings is 3. The second kappa shape index (κ2) is 13.3. The fourth-order valence-corrected chi connectivity index (χ4v) is 4.86. The van der Waals surface area contributed by atoms with E-state index in [1.54, 1.807) is 30.3 Å². The monoisotopic (exact) mass is 547 g/mol. The van der Waals surface area contributed by atoms with Crippen molar-refractivity contribution in [2.45, 2.75) is 45.6 Å². The van der Waals surface area contributed by atoms with Gasteiger partial charge in [0, 0.05) is 17.1 Å². The van der Waals surface area contributed by atoms with Crippen LogP contribution in [0.25, 0.3) is 5.76 Å². The zero-order chi connectivity index (χ0) is 27.8. The molecule has 0 aliphatic carbocycles. The van der Waals surface area contributed by atoms with Crippen molar-refractivity contribution in [1.82, 2.24) is 4.90 Å². The van der Waals surface area contributed by atoms with Crippen molar-refractivity contribution in [3.8, 4) is 11.5 Å². The largest absolute Gasteiger partial charge is 0.507 e. The minimum absolute atomic E-state index is 0.0365. The van der Waals surface area contributed by atoms with Crippen LogP contribution < -0.4 is 9.47 Å². The molecule has 1 amide bonds. The molecule has 4 rings (SSSR count). The summed E-state index contributed by atoms with van der Waals surface area (Å²) in [6.07, 6.45) is 3.66. The molecule has 1 aliphatic rings. The van der Waals surface area contributed by atoms with Crippen molar-refractivity contribution in [2.24, 2.45) is 0 Å². The van der Waals surface area contributed by atoms with Crippen molar-refractivity contribution < 1.29 is 24.2 Å². The van der Waals surface area contributed by atoms with E-state index in [1.807, 2.05) is 49.4 Å². The highest BCUT2D eigenvalue weighted by molar-refractivity contribution is 6.46. The number of rotatable bonds is 12.